The number of nitrogens with two attached hydrogens (primary N) is 1. The van der Waals surface area contributed by atoms with E-state index in [-0.39, 0.29) is 6.04 Å². The summed E-state index contributed by atoms with van der Waals surface area (Å²) in [6, 6.07) is 12.0. The van der Waals surface area contributed by atoms with Crippen LogP contribution in [-0.4, -0.2) is 25.1 Å². The first-order valence-electron chi connectivity index (χ1n) is 7.24. The van der Waals surface area contributed by atoms with Crippen LogP contribution in [0.1, 0.15) is 18.9 Å². The van der Waals surface area contributed by atoms with Crippen LogP contribution < -0.4 is 15.4 Å². The Morgan fingerprint density at radius 1 is 1.24 bits per heavy atom. The molecule has 1 heterocycles. The van der Waals surface area contributed by atoms with Gasteiger partial charge >= 0.3 is 0 Å². The van der Waals surface area contributed by atoms with Crippen molar-refractivity contribution in [3.8, 4) is 11.6 Å². The van der Waals surface area contributed by atoms with Crippen LogP contribution in [0.3, 0.4) is 0 Å². The molecule has 0 spiro atoms. The second-order valence-electron chi connectivity index (χ2n) is 5.37. The van der Waals surface area contributed by atoms with Crippen LogP contribution in [0.15, 0.2) is 42.6 Å². The quantitative estimate of drug-likeness (QED) is 0.885. The largest absolute Gasteiger partial charge is 0.439 e. The average molecular weight is 285 g/mol. The third kappa shape index (κ3) is 4.46. The Morgan fingerprint density at radius 2 is 2.05 bits per heavy atom. The molecule has 0 bridgehead atoms. The predicted molar refractivity (Wildman–Crippen MR) is 87.1 cm³/mol. The normalized spacial score (nSPS) is 12.0. The van der Waals surface area contributed by atoms with E-state index in [9.17, 15) is 0 Å². The standard InChI is InChI=1S/C17H23N3O/c1-4-14(18)10-13-8-9-17(19-12-13)21-16-7-5-6-15(11-16)20(2)3/h5-9,11-12,14H,4,10,18H2,1-3H3. The van der Waals surface area contributed by atoms with Gasteiger partial charge in [-0.2, -0.15) is 0 Å². The molecule has 2 rings (SSSR count). The number of anilines is 1. The zero-order valence-electron chi connectivity index (χ0n) is 12.9. The molecular weight excluding hydrogens is 262 g/mol. The van der Waals surface area contributed by atoms with Crippen LogP contribution >= 0.6 is 0 Å². The van der Waals surface area contributed by atoms with Crippen molar-refractivity contribution in [2.45, 2.75) is 25.8 Å². The van der Waals surface area contributed by atoms with Crippen molar-refractivity contribution in [3.05, 3.63) is 48.2 Å². The molecule has 0 aliphatic rings. The SMILES string of the molecule is CCC(N)Cc1ccc(Oc2cccc(N(C)C)c2)nc1. The van der Waals surface area contributed by atoms with Crippen LogP contribution in [0.5, 0.6) is 11.6 Å². The van der Waals surface area contributed by atoms with Crippen LogP contribution in [0.25, 0.3) is 0 Å². The van der Waals surface area contributed by atoms with E-state index in [4.69, 9.17) is 10.5 Å². The van der Waals surface area contributed by atoms with E-state index in [2.05, 4.69) is 11.9 Å². The lowest BCUT2D eigenvalue weighted by atomic mass is 10.1. The molecule has 2 N–H and O–H groups in total. The molecular formula is C17H23N3O. The molecule has 0 amide bonds. The highest BCUT2D eigenvalue weighted by molar-refractivity contribution is 5.50. The number of hydrogen-bond acceptors (Lipinski definition) is 4. The molecule has 1 aromatic heterocycles. The number of hydrogen-bond donors (Lipinski definition) is 1. The van der Waals surface area contributed by atoms with Gasteiger partial charge in [0.25, 0.3) is 0 Å². The smallest absolute Gasteiger partial charge is 0.219 e. The number of nitrogens with zero attached hydrogens (tertiary/aromatic N) is 2. The van der Waals surface area contributed by atoms with E-state index >= 15 is 0 Å². The highest BCUT2D eigenvalue weighted by atomic mass is 16.5. The van der Waals surface area contributed by atoms with Gasteiger partial charge in [0, 0.05) is 44.2 Å². The van der Waals surface area contributed by atoms with Crippen molar-refractivity contribution in [1.82, 2.24) is 4.98 Å². The second kappa shape index (κ2) is 7.09. The Kier molecular flexibility index (Phi) is 5.17. The van der Waals surface area contributed by atoms with Crippen molar-refractivity contribution in [2.75, 3.05) is 19.0 Å². The summed E-state index contributed by atoms with van der Waals surface area (Å²) in [5.41, 5.74) is 8.18. The first-order valence-corrected chi connectivity index (χ1v) is 7.24. The lowest BCUT2D eigenvalue weighted by Crippen LogP contribution is -2.21. The van der Waals surface area contributed by atoms with Crippen LogP contribution in [0, 0.1) is 0 Å². The van der Waals surface area contributed by atoms with E-state index in [1.165, 1.54) is 0 Å². The fourth-order valence-corrected chi connectivity index (χ4v) is 1.99. The fraction of sp³-hybridized carbons (Fsp3) is 0.353. The number of pyridine rings is 1. The van der Waals surface area contributed by atoms with Crippen molar-refractivity contribution in [1.29, 1.82) is 0 Å². The maximum absolute atomic E-state index is 5.95. The molecule has 0 saturated carbocycles. The van der Waals surface area contributed by atoms with Crippen molar-refractivity contribution < 1.29 is 4.74 Å². The van der Waals surface area contributed by atoms with Gasteiger partial charge in [-0.3, -0.25) is 0 Å². The molecule has 0 aliphatic carbocycles. The number of benzene rings is 1. The Labute approximate surface area is 126 Å². The van der Waals surface area contributed by atoms with E-state index in [0.717, 1.165) is 29.8 Å². The molecule has 0 aliphatic heterocycles. The monoisotopic (exact) mass is 285 g/mol. The van der Waals surface area contributed by atoms with E-state index in [1.807, 2.05) is 61.6 Å². The van der Waals surface area contributed by atoms with Crippen molar-refractivity contribution in [2.24, 2.45) is 5.73 Å². The van der Waals surface area contributed by atoms with Crippen LogP contribution in [-0.2, 0) is 6.42 Å². The minimum absolute atomic E-state index is 0.190. The summed E-state index contributed by atoms with van der Waals surface area (Å²) in [7, 11) is 4.01. The summed E-state index contributed by atoms with van der Waals surface area (Å²) in [5, 5.41) is 0. The molecule has 21 heavy (non-hydrogen) atoms. The van der Waals surface area contributed by atoms with E-state index in [1.54, 1.807) is 0 Å². The number of rotatable bonds is 6. The van der Waals surface area contributed by atoms with Gasteiger partial charge in [0.15, 0.2) is 0 Å². The Bertz CT molecular complexity index is 567. The van der Waals surface area contributed by atoms with Gasteiger partial charge in [-0.25, -0.2) is 4.98 Å². The van der Waals surface area contributed by atoms with Gasteiger partial charge in [0.1, 0.15) is 5.75 Å². The summed E-state index contributed by atoms with van der Waals surface area (Å²) in [6.45, 7) is 2.09. The predicted octanol–water partition coefficient (Wildman–Crippen LogP) is 3.22. The summed E-state index contributed by atoms with van der Waals surface area (Å²) < 4.78 is 5.79. The number of aromatic nitrogens is 1. The summed E-state index contributed by atoms with van der Waals surface area (Å²) in [4.78, 5) is 6.38. The van der Waals surface area contributed by atoms with Crippen molar-refractivity contribution in [3.63, 3.8) is 0 Å². The molecule has 2 aromatic rings. The lowest BCUT2D eigenvalue weighted by Gasteiger charge is -2.14. The number of ether oxygens (including phenoxy) is 1. The fourth-order valence-electron chi connectivity index (χ4n) is 1.99. The maximum atomic E-state index is 5.95. The van der Waals surface area contributed by atoms with E-state index < -0.39 is 0 Å². The topological polar surface area (TPSA) is 51.4 Å². The zero-order valence-corrected chi connectivity index (χ0v) is 12.9. The molecule has 112 valence electrons. The summed E-state index contributed by atoms with van der Waals surface area (Å²) >= 11 is 0. The zero-order chi connectivity index (χ0) is 15.2. The molecule has 0 fully saturated rings. The minimum Gasteiger partial charge on any atom is -0.439 e. The molecule has 1 aromatic carbocycles. The molecule has 1 unspecified atom stereocenters. The molecule has 4 heteroatoms. The molecule has 1 atom stereocenters. The molecule has 0 saturated heterocycles. The lowest BCUT2D eigenvalue weighted by molar-refractivity contribution is 0.462. The summed E-state index contributed by atoms with van der Waals surface area (Å²) in [6.07, 6.45) is 3.65. The van der Waals surface area contributed by atoms with Gasteiger partial charge in [0.2, 0.25) is 5.88 Å². The van der Waals surface area contributed by atoms with Crippen molar-refractivity contribution >= 4 is 5.69 Å². The Morgan fingerprint density at radius 3 is 2.67 bits per heavy atom. The van der Waals surface area contributed by atoms with Gasteiger partial charge in [-0.15, -0.1) is 0 Å². The minimum atomic E-state index is 0.190. The summed E-state index contributed by atoms with van der Waals surface area (Å²) in [5.74, 6) is 1.38. The molecule has 4 nitrogen and oxygen atoms in total. The first kappa shape index (κ1) is 15.3. The third-order valence-electron chi connectivity index (χ3n) is 3.38. The van der Waals surface area contributed by atoms with Gasteiger partial charge in [0.05, 0.1) is 0 Å². The van der Waals surface area contributed by atoms with Gasteiger partial charge in [-0.1, -0.05) is 19.1 Å². The highest BCUT2D eigenvalue weighted by Crippen LogP contribution is 2.24. The van der Waals surface area contributed by atoms with E-state index in [0.29, 0.717) is 5.88 Å². The Balaban J connectivity index is 2.04. The molecule has 0 radical (unpaired) electrons. The van der Waals surface area contributed by atoms with Gasteiger partial charge in [-0.05, 0) is 30.5 Å². The maximum Gasteiger partial charge on any atom is 0.219 e. The second-order valence-corrected chi connectivity index (χ2v) is 5.37. The Hall–Kier alpha value is -2.07. The van der Waals surface area contributed by atoms with Crippen LogP contribution in [0.4, 0.5) is 5.69 Å². The van der Waals surface area contributed by atoms with Gasteiger partial charge < -0.3 is 15.4 Å². The first-order chi connectivity index (χ1) is 10.1. The average Bonchev–Trinajstić information content (AvgIpc) is 2.49. The highest BCUT2D eigenvalue weighted by Gasteiger charge is 2.04. The van der Waals surface area contributed by atoms with Crippen LogP contribution in [0.2, 0.25) is 0 Å². The third-order valence-corrected chi connectivity index (χ3v) is 3.38.